The van der Waals surface area contributed by atoms with Gasteiger partial charge in [-0.3, -0.25) is 24.1 Å². The molecule has 3 aromatic carbocycles. The van der Waals surface area contributed by atoms with Crippen LogP contribution in [0.1, 0.15) is 65.1 Å². The summed E-state index contributed by atoms with van der Waals surface area (Å²) in [5, 5.41) is 22.2. The molecule has 1 unspecified atom stereocenters. The van der Waals surface area contributed by atoms with E-state index in [1.54, 1.807) is 62.1 Å². The Morgan fingerprint density at radius 3 is 2.26 bits per heavy atom. The van der Waals surface area contributed by atoms with E-state index in [0.29, 0.717) is 36.3 Å². The molecule has 5 heterocycles. The van der Waals surface area contributed by atoms with Crippen LogP contribution in [0.5, 0.6) is 5.75 Å². The Hall–Kier alpha value is -6.47. The number of hydrogen-bond donors (Lipinski definition) is 5. The summed E-state index contributed by atoms with van der Waals surface area (Å²) in [5.74, 6) is -0.435. The minimum atomic E-state index is -3.59. The minimum absolute atomic E-state index is 0.0398. The number of β-amino-alcohol motifs (C(OH)–C–C–N with tert-alkyl or cyclic N) is 1. The standard InChI is InChI=1S/C57H74ClN11O10S2/c1-36(2)81(75,76)48-11-9-8-10-45(48)62-53-43(58)31-60-56(65-53)63-44-17-16-41(28-47(44)77-7)66-20-18-40(19-21-66)67-22-24-68(25-23-67)50(72)34-79-27-26-78-33-49(71)64-52(57(4,5)6)55(74)69-32-42(70)29-46(69)54(73)59-30-38-12-14-39(15-13-38)51-37(3)61-35-80-51/h8-17,28,31,35-36,40,42,46,52,70H,18-27,29-30,32-34H2,1-7H3,(H,59,73)(H,64,71)(H2,60,62,63,65)/t42-,46+,52?/m1/s1. The van der Waals surface area contributed by atoms with E-state index < -0.39 is 50.5 Å². The highest BCUT2D eigenvalue weighted by molar-refractivity contribution is 7.92. The van der Waals surface area contributed by atoms with E-state index in [9.17, 15) is 32.7 Å². The zero-order valence-corrected chi connectivity index (χ0v) is 49.3. The predicted octanol–water partition coefficient (Wildman–Crippen LogP) is 6.20. The maximum atomic E-state index is 14.0. The molecule has 5 N–H and O–H groups in total. The number of anilines is 5. The number of rotatable bonds is 22. The molecule has 3 aliphatic rings. The van der Waals surface area contributed by atoms with Crippen molar-refractivity contribution in [3.05, 3.63) is 94.7 Å². The summed E-state index contributed by atoms with van der Waals surface area (Å²) in [6, 6.07) is 18.8. The number of piperazine rings is 1. The normalized spacial score (nSPS) is 17.7. The Morgan fingerprint density at radius 2 is 1.59 bits per heavy atom. The number of para-hydroxylation sites is 1. The van der Waals surface area contributed by atoms with Crippen LogP contribution >= 0.6 is 22.9 Å². The third-order valence-electron chi connectivity index (χ3n) is 14.8. The summed E-state index contributed by atoms with van der Waals surface area (Å²) in [7, 11) is -1.99. The number of aryl methyl sites for hydroxylation is 1. The number of aliphatic hydroxyl groups excluding tert-OH is 1. The number of halogens is 1. The van der Waals surface area contributed by atoms with E-state index in [1.165, 1.54) is 11.1 Å². The number of amides is 4. The van der Waals surface area contributed by atoms with Crippen molar-refractivity contribution >= 4 is 85.2 Å². The van der Waals surface area contributed by atoms with Gasteiger partial charge in [0.1, 0.15) is 36.1 Å². The Balaban J connectivity index is 0.722. The number of benzene rings is 3. The van der Waals surface area contributed by atoms with Gasteiger partial charge in [0.05, 0.1) is 70.2 Å². The molecule has 3 fully saturated rings. The number of likely N-dealkylation sites (tertiary alicyclic amines) is 1. The molecule has 0 radical (unpaired) electrons. The fourth-order valence-electron chi connectivity index (χ4n) is 10.2. The maximum absolute atomic E-state index is 14.0. The number of thiazole rings is 1. The van der Waals surface area contributed by atoms with Crippen molar-refractivity contribution in [3.63, 3.8) is 0 Å². The van der Waals surface area contributed by atoms with Gasteiger partial charge < -0.3 is 55.3 Å². The van der Waals surface area contributed by atoms with E-state index in [-0.39, 0.29) is 79.4 Å². The number of carbonyl (C=O) groups excluding carboxylic acids is 4. The van der Waals surface area contributed by atoms with Gasteiger partial charge in [0, 0.05) is 76.6 Å². The highest BCUT2D eigenvalue weighted by atomic mass is 35.5. The van der Waals surface area contributed by atoms with Gasteiger partial charge in [0.15, 0.2) is 15.7 Å². The van der Waals surface area contributed by atoms with Gasteiger partial charge in [-0.15, -0.1) is 11.3 Å². The number of carbonyl (C=O) groups is 4. The smallest absolute Gasteiger partial charge is 0.248 e. The first-order valence-corrected chi connectivity index (χ1v) is 30.0. The van der Waals surface area contributed by atoms with Crippen molar-refractivity contribution in [2.75, 3.05) is 94.9 Å². The highest BCUT2D eigenvalue weighted by Crippen LogP contribution is 2.36. The first-order valence-electron chi connectivity index (χ1n) is 27.2. The van der Waals surface area contributed by atoms with Crippen molar-refractivity contribution < 1.29 is 46.9 Å². The van der Waals surface area contributed by atoms with Crippen LogP contribution in [-0.2, 0) is 45.0 Å². The average molecular weight is 1170 g/mol. The lowest BCUT2D eigenvalue weighted by Gasteiger charge is -2.43. The quantitative estimate of drug-likeness (QED) is 0.0484. The van der Waals surface area contributed by atoms with E-state index >= 15 is 0 Å². The molecule has 21 nitrogen and oxygen atoms in total. The van der Waals surface area contributed by atoms with Crippen LogP contribution in [0.25, 0.3) is 10.4 Å². The summed E-state index contributed by atoms with van der Waals surface area (Å²) in [5.41, 5.74) is 5.95. The number of nitrogens with one attached hydrogen (secondary N) is 4. The second kappa shape index (κ2) is 27.1. The van der Waals surface area contributed by atoms with Crippen LogP contribution in [0.15, 0.2) is 83.3 Å². The lowest BCUT2D eigenvalue weighted by atomic mass is 9.85. The zero-order valence-electron chi connectivity index (χ0n) is 46.9. The maximum Gasteiger partial charge on any atom is 0.248 e. The highest BCUT2D eigenvalue weighted by Gasteiger charge is 2.44. The molecule has 3 aliphatic heterocycles. The fourth-order valence-corrected chi connectivity index (χ4v) is 12.3. The van der Waals surface area contributed by atoms with Crippen LogP contribution in [-0.4, -0.2) is 176 Å². The van der Waals surface area contributed by atoms with Crippen LogP contribution in [0.2, 0.25) is 5.02 Å². The number of aromatic nitrogens is 3. The number of piperidine rings is 1. The molecule has 3 saturated heterocycles. The summed E-state index contributed by atoms with van der Waals surface area (Å²) in [6.45, 7) is 14.9. The first-order chi connectivity index (χ1) is 38.7. The molecule has 2 aromatic heterocycles. The Bertz CT molecular complexity index is 3110. The Labute approximate surface area is 483 Å². The summed E-state index contributed by atoms with van der Waals surface area (Å²) < 4.78 is 43.2. The van der Waals surface area contributed by atoms with Crippen LogP contribution in [0.3, 0.4) is 0 Å². The van der Waals surface area contributed by atoms with E-state index in [2.05, 4.69) is 46.0 Å². The molecule has 5 aromatic rings. The molecule has 24 heteroatoms. The molecule has 0 aliphatic carbocycles. The van der Waals surface area contributed by atoms with Gasteiger partial charge in [0.2, 0.25) is 29.6 Å². The molecular weight excluding hydrogens is 1100 g/mol. The molecule has 3 atom stereocenters. The summed E-state index contributed by atoms with van der Waals surface area (Å²) in [6.07, 6.45) is 2.53. The van der Waals surface area contributed by atoms with Crippen molar-refractivity contribution in [2.45, 2.75) is 102 Å². The number of methoxy groups -OCH3 is 1. The van der Waals surface area contributed by atoms with E-state index in [1.807, 2.05) is 75.1 Å². The molecule has 0 spiro atoms. The number of nitrogens with zero attached hydrogens (tertiary/aromatic N) is 7. The predicted molar refractivity (Wildman–Crippen MR) is 312 cm³/mol. The second-order valence-electron chi connectivity index (χ2n) is 21.8. The van der Waals surface area contributed by atoms with Gasteiger partial charge >= 0.3 is 0 Å². The molecule has 8 rings (SSSR count). The molecule has 0 bridgehead atoms. The van der Waals surface area contributed by atoms with E-state index in [4.69, 9.17) is 25.8 Å². The number of hydrogen-bond acceptors (Lipinski definition) is 18. The van der Waals surface area contributed by atoms with Crippen molar-refractivity contribution in [1.29, 1.82) is 0 Å². The largest absolute Gasteiger partial charge is 0.494 e. The molecule has 0 saturated carbocycles. The number of aliphatic hydroxyl groups is 1. The van der Waals surface area contributed by atoms with Gasteiger partial charge in [-0.05, 0) is 74.4 Å². The lowest BCUT2D eigenvalue weighted by Crippen LogP contribution is -2.58. The van der Waals surface area contributed by atoms with Crippen molar-refractivity contribution in [2.24, 2.45) is 5.41 Å². The van der Waals surface area contributed by atoms with Crippen LogP contribution in [0.4, 0.5) is 28.8 Å². The summed E-state index contributed by atoms with van der Waals surface area (Å²) >= 11 is 8.04. The molecule has 436 valence electrons. The van der Waals surface area contributed by atoms with Crippen molar-refractivity contribution in [1.82, 2.24) is 40.3 Å². The zero-order chi connectivity index (χ0) is 58.0. The monoisotopic (exact) mass is 1170 g/mol. The number of sulfone groups is 1. The van der Waals surface area contributed by atoms with Crippen LogP contribution < -0.4 is 30.9 Å². The number of ether oxygens (including phenoxy) is 3. The second-order valence-corrected chi connectivity index (χ2v) is 25.5. The van der Waals surface area contributed by atoms with Gasteiger partial charge in [-0.25, -0.2) is 18.4 Å². The Kier molecular flexibility index (Phi) is 20.3. The molecule has 81 heavy (non-hydrogen) atoms. The topological polar surface area (TPSA) is 250 Å². The van der Waals surface area contributed by atoms with Crippen molar-refractivity contribution in [3.8, 4) is 16.2 Å². The van der Waals surface area contributed by atoms with Gasteiger partial charge in [-0.2, -0.15) is 4.98 Å². The third-order valence-corrected chi connectivity index (χ3v) is 18.3. The third kappa shape index (κ3) is 15.4. The average Bonchev–Trinajstić information content (AvgIpc) is 4.09. The van der Waals surface area contributed by atoms with Gasteiger partial charge in [-0.1, -0.05) is 68.8 Å². The minimum Gasteiger partial charge on any atom is -0.494 e. The van der Waals surface area contributed by atoms with E-state index in [0.717, 1.165) is 66.4 Å². The summed E-state index contributed by atoms with van der Waals surface area (Å²) in [4.78, 5) is 76.2. The SMILES string of the molecule is COc1cc(N2CCC(N3CCN(C(=O)COCCOCC(=O)NC(C(=O)N4C[C@H](O)C[C@H]4C(=O)NCc4ccc(-c5scnc5C)cc4)C(C)(C)C)CC3)CC2)ccc1Nc1ncc(Cl)c(Nc2ccccc2S(=O)(=O)C(C)C)n1. The van der Waals surface area contributed by atoms with Gasteiger partial charge in [0.25, 0.3) is 0 Å². The van der Waals surface area contributed by atoms with Crippen LogP contribution in [0, 0.1) is 12.3 Å². The molecule has 4 amide bonds. The lowest BCUT2D eigenvalue weighted by molar-refractivity contribution is -0.144. The molecular formula is C57H74ClN11O10S2. The first kappa shape index (κ1) is 60.6. The Morgan fingerprint density at radius 1 is 0.889 bits per heavy atom. The fraction of sp³-hybridized carbons (Fsp3) is 0.491.